The van der Waals surface area contributed by atoms with Crippen LogP contribution in [0.25, 0.3) is 0 Å². The summed E-state index contributed by atoms with van der Waals surface area (Å²) >= 11 is 0. The zero-order valence-electron chi connectivity index (χ0n) is 13.4. The molecular weight excluding hydrogens is 304 g/mol. The van der Waals surface area contributed by atoms with Crippen LogP contribution < -0.4 is 5.32 Å². The topological polar surface area (TPSA) is 119 Å². The fraction of sp³-hybridized carbons (Fsp3) is 0.467. The van der Waals surface area contributed by atoms with Gasteiger partial charge in [-0.15, -0.1) is 0 Å². The van der Waals surface area contributed by atoms with Crippen LogP contribution in [0.2, 0.25) is 0 Å². The lowest BCUT2D eigenvalue weighted by Gasteiger charge is -2.25. The minimum atomic E-state index is -1.22. The Morgan fingerprint density at radius 2 is 1.78 bits per heavy atom. The molecule has 2 atom stereocenters. The number of nitrogens with one attached hydrogen (secondary N) is 1. The van der Waals surface area contributed by atoms with Crippen molar-refractivity contribution < 1.29 is 24.4 Å². The second kappa shape index (κ2) is 7.08. The van der Waals surface area contributed by atoms with Crippen molar-refractivity contribution in [2.75, 3.05) is 0 Å². The Hall–Kier alpha value is -2.64. The standard InChI is InChI=1S/C15H20N2O6/c1-9(10-5-7-11(8-6-10)17(21)22)12(13(18)19)16-14(20)23-15(2,3)4/h5-9,12H,1-4H3,(H,16,20)(H,18,19)/t9-,12-/m0/s1. The molecule has 0 saturated carbocycles. The third-order valence-electron chi connectivity index (χ3n) is 3.07. The molecule has 1 aromatic carbocycles. The Morgan fingerprint density at radius 1 is 1.26 bits per heavy atom. The summed E-state index contributed by atoms with van der Waals surface area (Å²) in [5.41, 5.74) is -0.281. The van der Waals surface area contributed by atoms with Crippen LogP contribution in [0.1, 0.15) is 39.2 Å². The molecule has 0 saturated heterocycles. The smallest absolute Gasteiger partial charge is 0.408 e. The summed E-state index contributed by atoms with van der Waals surface area (Å²) in [6, 6.07) is 4.30. The minimum Gasteiger partial charge on any atom is -0.480 e. The van der Waals surface area contributed by atoms with E-state index in [0.717, 1.165) is 0 Å². The zero-order valence-corrected chi connectivity index (χ0v) is 13.4. The lowest BCUT2D eigenvalue weighted by molar-refractivity contribution is -0.384. The van der Waals surface area contributed by atoms with E-state index in [1.54, 1.807) is 27.7 Å². The first-order valence-corrected chi connectivity index (χ1v) is 6.98. The van der Waals surface area contributed by atoms with Crippen molar-refractivity contribution >= 4 is 17.7 Å². The van der Waals surface area contributed by atoms with Crippen molar-refractivity contribution in [1.82, 2.24) is 5.32 Å². The second-order valence-electron chi connectivity index (χ2n) is 6.10. The van der Waals surface area contributed by atoms with E-state index in [9.17, 15) is 24.8 Å². The van der Waals surface area contributed by atoms with Crippen molar-refractivity contribution in [3.63, 3.8) is 0 Å². The van der Waals surface area contributed by atoms with Gasteiger partial charge in [0.1, 0.15) is 11.6 Å². The second-order valence-corrected chi connectivity index (χ2v) is 6.10. The first-order valence-electron chi connectivity index (χ1n) is 6.98. The molecule has 8 nitrogen and oxygen atoms in total. The Kier molecular flexibility index (Phi) is 5.67. The molecule has 0 aromatic heterocycles. The summed E-state index contributed by atoms with van der Waals surface area (Å²) in [5.74, 6) is -1.82. The highest BCUT2D eigenvalue weighted by molar-refractivity contribution is 5.81. The van der Waals surface area contributed by atoms with Crippen molar-refractivity contribution in [1.29, 1.82) is 0 Å². The number of hydrogen-bond donors (Lipinski definition) is 2. The summed E-state index contributed by atoms with van der Waals surface area (Å²) < 4.78 is 5.05. The number of rotatable bonds is 5. The maximum absolute atomic E-state index is 11.8. The van der Waals surface area contributed by atoms with Gasteiger partial charge in [0, 0.05) is 18.1 Å². The van der Waals surface area contributed by atoms with Gasteiger partial charge in [0.2, 0.25) is 0 Å². The number of ether oxygens (including phenoxy) is 1. The SMILES string of the molecule is C[C@@H](c1ccc([N+](=O)[O-])cc1)[C@H](NC(=O)OC(C)(C)C)C(=O)O. The summed E-state index contributed by atoms with van der Waals surface area (Å²) in [6.45, 7) is 6.61. The van der Waals surface area contributed by atoms with Crippen LogP contribution in [0.3, 0.4) is 0 Å². The molecule has 0 aliphatic heterocycles. The Morgan fingerprint density at radius 3 is 2.17 bits per heavy atom. The van der Waals surface area contributed by atoms with E-state index < -0.39 is 34.5 Å². The number of nitrogens with zero attached hydrogens (tertiary/aromatic N) is 1. The van der Waals surface area contributed by atoms with Gasteiger partial charge in [0.15, 0.2) is 0 Å². The third-order valence-corrected chi connectivity index (χ3v) is 3.07. The lowest BCUT2D eigenvalue weighted by atomic mass is 9.93. The van der Waals surface area contributed by atoms with Gasteiger partial charge in [-0.3, -0.25) is 10.1 Å². The van der Waals surface area contributed by atoms with Crippen LogP contribution in [-0.4, -0.2) is 33.7 Å². The van der Waals surface area contributed by atoms with E-state index in [4.69, 9.17) is 4.74 Å². The average molecular weight is 324 g/mol. The predicted octanol–water partition coefficient (Wildman–Crippen LogP) is 2.68. The maximum Gasteiger partial charge on any atom is 0.408 e. The number of aliphatic carboxylic acids is 1. The highest BCUT2D eigenvalue weighted by Crippen LogP contribution is 2.22. The molecule has 0 aliphatic carbocycles. The molecule has 0 unspecified atom stereocenters. The van der Waals surface area contributed by atoms with Gasteiger partial charge in [-0.25, -0.2) is 9.59 Å². The summed E-state index contributed by atoms with van der Waals surface area (Å²) in [7, 11) is 0. The van der Waals surface area contributed by atoms with Gasteiger partial charge in [-0.2, -0.15) is 0 Å². The third kappa shape index (κ3) is 5.57. The van der Waals surface area contributed by atoms with E-state index in [0.29, 0.717) is 5.56 Å². The largest absolute Gasteiger partial charge is 0.480 e. The number of carbonyl (C=O) groups is 2. The van der Waals surface area contributed by atoms with E-state index in [1.807, 2.05) is 0 Å². The fourth-order valence-electron chi connectivity index (χ4n) is 1.93. The van der Waals surface area contributed by atoms with Crippen LogP contribution in [0, 0.1) is 10.1 Å². The van der Waals surface area contributed by atoms with Crippen molar-refractivity contribution in [3.05, 3.63) is 39.9 Å². The molecule has 0 aliphatic rings. The van der Waals surface area contributed by atoms with Gasteiger partial charge in [-0.1, -0.05) is 19.1 Å². The van der Waals surface area contributed by atoms with Crippen LogP contribution >= 0.6 is 0 Å². The van der Waals surface area contributed by atoms with E-state index in [-0.39, 0.29) is 5.69 Å². The zero-order chi connectivity index (χ0) is 17.8. The van der Waals surface area contributed by atoms with Gasteiger partial charge in [0.25, 0.3) is 5.69 Å². The number of carbonyl (C=O) groups excluding carboxylic acids is 1. The first kappa shape index (κ1) is 18.4. The molecule has 0 bridgehead atoms. The normalized spacial score (nSPS) is 13.7. The number of non-ortho nitro benzene ring substituents is 1. The minimum absolute atomic E-state index is 0.0899. The number of hydrogen-bond acceptors (Lipinski definition) is 5. The summed E-state index contributed by atoms with van der Waals surface area (Å²) in [4.78, 5) is 33.3. The molecule has 23 heavy (non-hydrogen) atoms. The monoisotopic (exact) mass is 324 g/mol. The number of nitro benzene ring substituents is 1. The Labute approximate surface area is 133 Å². The Balaban J connectivity index is 2.90. The van der Waals surface area contributed by atoms with Gasteiger partial charge in [-0.05, 0) is 26.3 Å². The quantitative estimate of drug-likeness (QED) is 0.635. The van der Waals surface area contributed by atoms with E-state index in [2.05, 4.69) is 5.32 Å². The van der Waals surface area contributed by atoms with Crippen LogP contribution in [0.4, 0.5) is 10.5 Å². The number of benzene rings is 1. The van der Waals surface area contributed by atoms with Gasteiger partial charge < -0.3 is 15.2 Å². The number of carboxylic acid groups (broad SMARTS) is 1. The Bertz CT molecular complexity index is 591. The highest BCUT2D eigenvalue weighted by Gasteiger charge is 2.30. The van der Waals surface area contributed by atoms with E-state index in [1.165, 1.54) is 24.3 Å². The molecule has 126 valence electrons. The van der Waals surface area contributed by atoms with Gasteiger partial charge >= 0.3 is 12.1 Å². The van der Waals surface area contributed by atoms with Crippen LogP contribution in [-0.2, 0) is 9.53 Å². The molecule has 0 spiro atoms. The molecule has 1 aromatic rings. The highest BCUT2D eigenvalue weighted by atomic mass is 16.6. The number of carboxylic acids is 1. The fourth-order valence-corrected chi connectivity index (χ4v) is 1.93. The van der Waals surface area contributed by atoms with Crippen molar-refractivity contribution in [3.8, 4) is 0 Å². The number of alkyl carbamates (subject to hydrolysis) is 1. The molecule has 0 heterocycles. The van der Waals surface area contributed by atoms with Crippen molar-refractivity contribution in [2.45, 2.75) is 45.3 Å². The first-order chi connectivity index (χ1) is 10.5. The molecule has 1 amide bonds. The number of amides is 1. The summed E-state index contributed by atoms with van der Waals surface area (Å²) in [5, 5.41) is 22.3. The molecule has 8 heteroatoms. The lowest BCUT2D eigenvalue weighted by Crippen LogP contribution is -2.46. The molecule has 2 N–H and O–H groups in total. The average Bonchev–Trinajstić information content (AvgIpc) is 2.42. The van der Waals surface area contributed by atoms with Gasteiger partial charge in [0.05, 0.1) is 4.92 Å². The molecular formula is C15H20N2O6. The molecule has 0 radical (unpaired) electrons. The predicted molar refractivity (Wildman–Crippen MR) is 82.3 cm³/mol. The van der Waals surface area contributed by atoms with E-state index >= 15 is 0 Å². The molecule has 1 rings (SSSR count). The molecule has 0 fully saturated rings. The number of nitro groups is 1. The van der Waals surface area contributed by atoms with Crippen LogP contribution in [0.15, 0.2) is 24.3 Å². The maximum atomic E-state index is 11.8. The summed E-state index contributed by atoms with van der Waals surface area (Å²) in [6.07, 6.45) is -0.835. The van der Waals surface area contributed by atoms with Crippen molar-refractivity contribution in [2.24, 2.45) is 0 Å². The van der Waals surface area contributed by atoms with Crippen LogP contribution in [0.5, 0.6) is 0 Å².